The van der Waals surface area contributed by atoms with Gasteiger partial charge in [0.15, 0.2) is 0 Å². The summed E-state index contributed by atoms with van der Waals surface area (Å²) in [6, 6.07) is 30.0. The van der Waals surface area contributed by atoms with E-state index >= 15 is 0 Å². The minimum atomic E-state index is 0. The first-order chi connectivity index (χ1) is 17.8. The van der Waals surface area contributed by atoms with E-state index in [-0.39, 0.29) is 20.1 Å². The van der Waals surface area contributed by atoms with Crippen molar-refractivity contribution < 1.29 is 20.1 Å². The molecular formula is C35H33IrN2-. The van der Waals surface area contributed by atoms with Crippen LogP contribution < -0.4 is 0 Å². The second kappa shape index (κ2) is 10.1. The summed E-state index contributed by atoms with van der Waals surface area (Å²) >= 11 is 0. The molecule has 2 aromatic heterocycles. The number of nitrogens with zero attached hydrogens (tertiary/aromatic N) is 2. The summed E-state index contributed by atoms with van der Waals surface area (Å²) in [5.41, 5.74) is 12.5. The molecule has 3 heteroatoms. The number of benzene rings is 4. The van der Waals surface area contributed by atoms with Gasteiger partial charge in [-0.25, -0.2) is 0 Å². The first-order valence-corrected chi connectivity index (χ1v) is 13.3. The Labute approximate surface area is 239 Å². The first kappa shape index (κ1) is 26.4. The zero-order valence-electron chi connectivity index (χ0n) is 22.9. The van der Waals surface area contributed by atoms with Gasteiger partial charge in [0.25, 0.3) is 0 Å². The predicted molar refractivity (Wildman–Crippen MR) is 158 cm³/mol. The van der Waals surface area contributed by atoms with Crippen LogP contribution in [0.3, 0.4) is 0 Å². The van der Waals surface area contributed by atoms with Gasteiger partial charge >= 0.3 is 0 Å². The zero-order valence-corrected chi connectivity index (χ0v) is 25.3. The molecule has 0 fully saturated rings. The molecule has 0 amide bonds. The van der Waals surface area contributed by atoms with Crippen LogP contribution in [0.1, 0.15) is 61.8 Å². The Morgan fingerprint density at radius 2 is 1.39 bits per heavy atom. The standard InChI is InChI=1S/C35H33N2.Ir/c1-21(2)29-18-26(25-12-8-7-9-13-25)19-30(22(3)4)34(29)33-20-36-35-28-15-11-10-14-27(28)31-16-23(5)24(6)17-32(31)37(33)35;/h7-14,16-22H,1-6H3;/q-1;. The minimum Gasteiger partial charge on any atom is -0.333 e. The molecule has 0 spiro atoms. The van der Waals surface area contributed by atoms with Crippen LogP contribution in [0.2, 0.25) is 0 Å². The molecule has 0 atom stereocenters. The molecule has 4 aromatic carbocycles. The summed E-state index contributed by atoms with van der Waals surface area (Å²) in [7, 11) is 0. The third-order valence-electron chi connectivity index (χ3n) is 7.79. The number of rotatable bonds is 4. The normalized spacial score (nSPS) is 11.7. The van der Waals surface area contributed by atoms with E-state index in [1.54, 1.807) is 0 Å². The van der Waals surface area contributed by atoms with Crippen molar-refractivity contribution in [2.24, 2.45) is 0 Å². The van der Waals surface area contributed by atoms with Gasteiger partial charge in [0.05, 0.1) is 11.3 Å². The molecule has 0 aliphatic heterocycles. The van der Waals surface area contributed by atoms with Crippen molar-refractivity contribution in [1.82, 2.24) is 9.38 Å². The van der Waals surface area contributed by atoms with Crippen molar-refractivity contribution in [2.45, 2.75) is 53.4 Å². The van der Waals surface area contributed by atoms with Crippen LogP contribution in [0.15, 0.2) is 79.0 Å². The van der Waals surface area contributed by atoms with Gasteiger partial charge in [-0.1, -0.05) is 81.6 Å². The second-order valence-corrected chi connectivity index (χ2v) is 10.9. The Kier molecular flexibility index (Phi) is 7.03. The Morgan fingerprint density at radius 1 is 0.737 bits per heavy atom. The van der Waals surface area contributed by atoms with Gasteiger partial charge < -0.3 is 4.40 Å². The van der Waals surface area contributed by atoms with E-state index in [9.17, 15) is 0 Å². The zero-order chi connectivity index (χ0) is 25.8. The number of hydrogen-bond donors (Lipinski definition) is 0. The fraction of sp³-hybridized carbons (Fsp3) is 0.229. The molecule has 0 saturated carbocycles. The van der Waals surface area contributed by atoms with Crippen molar-refractivity contribution in [3.63, 3.8) is 0 Å². The van der Waals surface area contributed by atoms with Gasteiger partial charge in [0.2, 0.25) is 0 Å². The largest absolute Gasteiger partial charge is 0.333 e. The molecule has 0 aliphatic carbocycles. The smallest absolute Gasteiger partial charge is 0.0639 e. The van der Waals surface area contributed by atoms with Crippen LogP contribution in [-0.2, 0) is 20.1 Å². The van der Waals surface area contributed by atoms with E-state index in [0.717, 1.165) is 16.7 Å². The maximum Gasteiger partial charge on any atom is 0.0639 e. The number of aryl methyl sites for hydroxylation is 2. The quantitative estimate of drug-likeness (QED) is 0.135. The Hall–Kier alpha value is -3.26. The molecule has 1 radical (unpaired) electrons. The van der Waals surface area contributed by atoms with E-state index in [0.29, 0.717) is 11.8 Å². The molecule has 6 aromatic rings. The number of pyridine rings is 1. The Balaban J connectivity index is 0.00000294. The SMILES string of the molecule is Cc1cc2c3ccc[c-]c3c3ncc(-c4c(C(C)C)cc(-c5ccccc5)cc4C(C)C)n3c2cc1C.[Ir]. The van der Waals surface area contributed by atoms with Gasteiger partial charge in [-0.3, -0.25) is 4.98 Å². The van der Waals surface area contributed by atoms with Crippen LogP contribution in [0.4, 0.5) is 0 Å². The molecule has 193 valence electrons. The predicted octanol–water partition coefficient (Wildman–Crippen LogP) is 9.64. The summed E-state index contributed by atoms with van der Waals surface area (Å²) < 4.78 is 2.38. The molecule has 0 N–H and O–H groups in total. The van der Waals surface area contributed by atoms with Crippen LogP contribution >= 0.6 is 0 Å². The van der Waals surface area contributed by atoms with Crippen LogP contribution in [0.25, 0.3) is 49.7 Å². The van der Waals surface area contributed by atoms with Gasteiger partial charge in [0.1, 0.15) is 0 Å². The third kappa shape index (κ3) is 4.19. The average molecular weight is 674 g/mol. The van der Waals surface area contributed by atoms with E-state index < -0.39 is 0 Å². The summed E-state index contributed by atoms with van der Waals surface area (Å²) in [5.74, 6) is 0.730. The van der Waals surface area contributed by atoms with Gasteiger partial charge in [-0.15, -0.1) is 29.7 Å². The molecule has 6 rings (SSSR count). The number of fused-ring (bicyclic) bond motifs is 6. The van der Waals surface area contributed by atoms with Crippen LogP contribution in [0, 0.1) is 19.9 Å². The third-order valence-corrected chi connectivity index (χ3v) is 7.79. The van der Waals surface area contributed by atoms with E-state index in [4.69, 9.17) is 4.98 Å². The van der Waals surface area contributed by atoms with Gasteiger partial charge in [-0.2, -0.15) is 0 Å². The van der Waals surface area contributed by atoms with Crippen molar-refractivity contribution in [3.8, 4) is 22.4 Å². The summed E-state index contributed by atoms with van der Waals surface area (Å²) in [4.78, 5) is 5.04. The monoisotopic (exact) mass is 674 g/mol. The molecule has 0 bridgehead atoms. The van der Waals surface area contributed by atoms with Crippen molar-refractivity contribution in [3.05, 3.63) is 107 Å². The number of hydrogen-bond acceptors (Lipinski definition) is 1. The Morgan fingerprint density at radius 3 is 2.05 bits per heavy atom. The minimum absolute atomic E-state index is 0. The van der Waals surface area contributed by atoms with Crippen LogP contribution in [0.5, 0.6) is 0 Å². The molecule has 2 nitrogen and oxygen atoms in total. The topological polar surface area (TPSA) is 17.3 Å². The second-order valence-electron chi connectivity index (χ2n) is 10.9. The van der Waals surface area contributed by atoms with Gasteiger partial charge in [0, 0.05) is 37.4 Å². The number of imidazole rings is 1. The van der Waals surface area contributed by atoms with Crippen molar-refractivity contribution >= 4 is 27.3 Å². The number of aromatic nitrogens is 2. The first-order valence-electron chi connectivity index (χ1n) is 13.3. The summed E-state index contributed by atoms with van der Waals surface area (Å²) in [6.07, 6.45) is 2.08. The van der Waals surface area contributed by atoms with E-state index in [1.807, 2.05) is 6.07 Å². The van der Waals surface area contributed by atoms with Crippen molar-refractivity contribution in [1.29, 1.82) is 0 Å². The van der Waals surface area contributed by atoms with Gasteiger partial charge in [-0.05, 0) is 70.5 Å². The maximum atomic E-state index is 5.04. The van der Waals surface area contributed by atoms with E-state index in [2.05, 4.69) is 125 Å². The summed E-state index contributed by atoms with van der Waals surface area (Å²) in [5, 5.41) is 3.53. The fourth-order valence-electron chi connectivity index (χ4n) is 5.69. The average Bonchev–Trinajstić information content (AvgIpc) is 3.34. The van der Waals surface area contributed by atoms with Crippen molar-refractivity contribution in [2.75, 3.05) is 0 Å². The molecule has 2 heterocycles. The van der Waals surface area contributed by atoms with E-state index in [1.165, 1.54) is 55.2 Å². The fourth-order valence-corrected chi connectivity index (χ4v) is 5.69. The summed E-state index contributed by atoms with van der Waals surface area (Å²) in [6.45, 7) is 13.6. The molecule has 0 saturated heterocycles. The van der Waals surface area contributed by atoms with Crippen LogP contribution in [-0.4, -0.2) is 9.38 Å². The molecule has 0 aliphatic rings. The maximum absolute atomic E-state index is 5.04. The Bertz CT molecular complexity index is 1760. The molecule has 0 unspecified atom stereocenters. The molecule has 38 heavy (non-hydrogen) atoms. The molecular weight excluding hydrogens is 641 g/mol.